The third-order valence-electron chi connectivity index (χ3n) is 7.24. The van der Waals surface area contributed by atoms with E-state index in [1.807, 2.05) is 18.2 Å². The summed E-state index contributed by atoms with van der Waals surface area (Å²) in [6.07, 6.45) is 8.37. The van der Waals surface area contributed by atoms with Gasteiger partial charge in [0.1, 0.15) is 6.54 Å². The van der Waals surface area contributed by atoms with E-state index in [1.54, 1.807) is 14.2 Å². The molecule has 1 amide bonds. The van der Waals surface area contributed by atoms with Crippen LogP contribution in [0.5, 0.6) is 11.5 Å². The zero-order chi connectivity index (χ0) is 19.7. The number of rotatable bonds is 8. The molecule has 4 aliphatic rings. The Kier molecular flexibility index (Phi) is 5.55. The van der Waals surface area contributed by atoms with Crippen molar-refractivity contribution in [1.29, 1.82) is 0 Å². The molecule has 0 radical (unpaired) electrons. The molecular weight excluding hydrogens is 352 g/mol. The van der Waals surface area contributed by atoms with Crippen molar-refractivity contribution >= 4 is 5.91 Å². The Morgan fingerprint density at radius 2 is 1.68 bits per heavy atom. The summed E-state index contributed by atoms with van der Waals surface area (Å²) in [5.41, 5.74) is 1.55. The Morgan fingerprint density at radius 1 is 1.07 bits per heavy atom. The highest BCUT2D eigenvalue weighted by molar-refractivity contribution is 5.76. The molecule has 5 rings (SSSR count). The van der Waals surface area contributed by atoms with Gasteiger partial charge in [0.05, 0.1) is 21.3 Å². The molecule has 0 aromatic heterocycles. The van der Waals surface area contributed by atoms with E-state index in [0.29, 0.717) is 12.0 Å². The topological polar surface area (TPSA) is 52.0 Å². The van der Waals surface area contributed by atoms with E-state index >= 15 is 0 Å². The second kappa shape index (κ2) is 7.94. The molecule has 1 atom stereocenters. The Bertz CT molecular complexity index is 683. The summed E-state index contributed by atoms with van der Waals surface area (Å²) in [5, 5.41) is 3.29. The summed E-state index contributed by atoms with van der Waals surface area (Å²) in [7, 11) is 5.36. The van der Waals surface area contributed by atoms with Crippen molar-refractivity contribution in [2.24, 2.45) is 23.2 Å². The number of likely N-dealkylation sites (N-methyl/N-ethyl adjacent to an activating group) is 1. The van der Waals surface area contributed by atoms with Crippen molar-refractivity contribution in [3.63, 3.8) is 0 Å². The maximum Gasteiger partial charge on any atom is 0.275 e. The number of methoxy groups -OCH3 is 2. The lowest BCUT2D eigenvalue weighted by Crippen LogP contribution is -3.08. The SMILES string of the molecule is COc1ccc(C[NH+](C)CC(=O)NCC23CC4CC(CC(C4)C2)C3)cc1OC. The smallest absolute Gasteiger partial charge is 0.275 e. The lowest BCUT2D eigenvalue weighted by atomic mass is 9.49. The molecule has 1 aromatic rings. The van der Waals surface area contributed by atoms with Crippen molar-refractivity contribution in [1.82, 2.24) is 5.32 Å². The van der Waals surface area contributed by atoms with Crippen molar-refractivity contribution in [3.05, 3.63) is 23.8 Å². The van der Waals surface area contributed by atoms with Crippen LogP contribution in [0.15, 0.2) is 18.2 Å². The number of quaternary nitrogens is 1. The zero-order valence-electron chi connectivity index (χ0n) is 17.6. The summed E-state index contributed by atoms with van der Waals surface area (Å²) in [5.74, 6) is 4.44. The van der Waals surface area contributed by atoms with Crippen LogP contribution >= 0.6 is 0 Å². The van der Waals surface area contributed by atoms with Gasteiger partial charge in [-0.25, -0.2) is 0 Å². The normalized spacial score (nSPS) is 31.5. The molecular formula is C23H35N2O3+. The molecule has 0 aliphatic heterocycles. The van der Waals surface area contributed by atoms with Gasteiger partial charge in [-0.3, -0.25) is 4.79 Å². The molecule has 4 fully saturated rings. The van der Waals surface area contributed by atoms with Crippen LogP contribution in [0.25, 0.3) is 0 Å². The van der Waals surface area contributed by atoms with Crippen LogP contribution in [-0.2, 0) is 11.3 Å². The van der Waals surface area contributed by atoms with E-state index in [-0.39, 0.29) is 5.91 Å². The summed E-state index contributed by atoms with van der Waals surface area (Å²) >= 11 is 0. The molecule has 0 spiro atoms. The summed E-state index contributed by atoms with van der Waals surface area (Å²) in [6, 6.07) is 5.96. The van der Waals surface area contributed by atoms with Crippen LogP contribution in [0.4, 0.5) is 0 Å². The molecule has 4 aliphatic carbocycles. The number of nitrogens with one attached hydrogen (secondary N) is 2. The number of carbonyl (C=O) groups excluding carboxylic acids is 1. The fraction of sp³-hybridized carbons (Fsp3) is 0.696. The first-order valence-electron chi connectivity index (χ1n) is 10.8. The summed E-state index contributed by atoms with van der Waals surface area (Å²) in [6.45, 7) is 2.17. The number of benzene rings is 1. The predicted octanol–water partition coefficient (Wildman–Crippen LogP) is 2.05. The highest BCUT2D eigenvalue weighted by atomic mass is 16.5. The Balaban J connectivity index is 1.27. The van der Waals surface area contributed by atoms with Crippen LogP contribution in [0, 0.1) is 23.2 Å². The average molecular weight is 388 g/mol. The number of amides is 1. The van der Waals surface area contributed by atoms with Crippen molar-refractivity contribution in [2.75, 3.05) is 34.4 Å². The molecule has 5 nitrogen and oxygen atoms in total. The highest BCUT2D eigenvalue weighted by Crippen LogP contribution is 2.59. The van der Waals surface area contributed by atoms with Crippen LogP contribution in [0.1, 0.15) is 44.1 Å². The summed E-state index contributed by atoms with van der Waals surface area (Å²) in [4.78, 5) is 13.8. The van der Waals surface area contributed by atoms with E-state index in [0.717, 1.165) is 47.9 Å². The molecule has 1 unspecified atom stereocenters. The van der Waals surface area contributed by atoms with Gasteiger partial charge in [0.2, 0.25) is 0 Å². The minimum absolute atomic E-state index is 0.175. The number of carbonyl (C=O) groups is 1. The Hall–Kier alpha value is -1.75. The van der Waals surface area contributed by atoms with E-state index in [4.69, 9.17) is 9.47 Å². The molecule has 5 heteroatoms. The van der Waals surface area contributed by atoms with Crippen LogP contribution < -0.4 is 19.7 Å². The summed E-state index contributed by atoms with van der Waals surface area (Å²) < 4.78 is 10.7. The van der Waals surface area contributed by atoms with E-state index < -0.39 is 0 Å². The van der Waals surface area contributed by atoms with Gasteiger partial charge in [0.15, 0.2) is 18.0 Å². The minimum Gasteiger partial charge on any atom is -0.493 e. The van der Waals surface area contributed by atoms with Crippen molar-refractivity contribution < 1.29 is 19.2 Å². The van der Waals surface area contributed by atoms with Crippen LogP contribution in [0.3, 0.4) is 0 Å². The fourth-order valence-electron chi connectivity index (χ4n) is 6.53. The lowest BCUT2D eigenvalue weighted by molar-refractivity contribution is -0.885. The molecule has 1 aromatic carbocycles. The van der Waals surface area contributed by atoms with Crippen LogP contribution in [-0.4, -0.2) is 40.3 Å². The third-order valence-corrected chi connectivity index (χ3v) is 7.24. The van der Waals surface area contributed by atoms with Gasteiger partial charge in [0, 0.05) is 12.1 Å². The van der Waals surface area contributed by atoms with Gasteiger partial charge in [0.25, 0.3) is 5.91 Å². The lowest BCUT2D eigenvalue weighted by Gasteiger charge is -2.56. The second-order valence-corrected chi connectivity index (χ2v) is 9.69. The van der Waals surface area contributed by atoms with E-state index in [1.165, 1.54) is 43.4 Å². The van der Waals surface area contributed by atoms with Crippen molar-refractivity contribution in [3.8, 4) is 11.5 Å². The number of hydrogen-bond donors (Lipinski definition) is 2. The molecule has 28 heavy (non-hydrogen) atoms. The first-order valence-corrected chi connectivity index (χ1v) is 10.8. The van der Waals surface area contributed by atoms with Crippen molar-refractivity contribution in [2.45, 2.75) is 45.1 Å². The minimum atomic E-state index is 0.175. The molecule has 0 saturated heterocycles. The maximum atomic E-state index is 12.6. The molecule has 154 valence electrons. The van der Waals surface area contributed by atoms with Gasteiger partial charge in [-0.1, -0.05) is 0 Å². The van der Waals surface area contributed by atoms with Gasteiger partial charge in [-0.05, 0) is 79.9 Å². The quantitative estimate of drug-likeness (QED) is 0.718. The molecule has 0 heterocycles. The molecule has 4 saturated carbocycles. The standard InChI is InChI=1S/C23H34N2O3/c1-25(13-16-4-5-20(27-2)21(9-16)28-3)14-22(26)24-15-23-10-17-6-18(11-23)8-19(7-17)12-23/h4-5,9,17-19H,6-8,10-15H2,1-3H3,(H,24,26)/p+1. The van der Waals surface area contributed by atoms with Gasteiger partial charge in [-0.15, -0.1) is 0 Å². The first kappa shape index (κ1) is 19.6. The van der Waals surface area contributed by atoms with Crippen LogP contribution in [0.2, 0.25) is 0 Å². The predicted molar refractivity (Wildman–Crippen MR) is 109 cm³/mol. The molecule has 2 N–H and O–H groups in total. The first-order chi connectivity index (χ1) is 13.5. The second-order valence-electron chi connectivity index (χ2n) is 9.69. The van der Waals surface area contributed by atoms with E-state index in [2.05, 4.69) is 12.4 Å². The monoisotopic (exact) mass is 387 g/mol. The number of hydrogen-bond acceptors (Lipinski definition) is 3. The Labute approximate surface area is 168 Å². The highest BCUT2D eigenvalue weighted by Gasteiger charge is 2.50. The van der Waals surface area contributed by atoms with E-state index in [9.17, 15) is 4.79 Å². The van der Waals surface area contributed by atoms with Gasteiger partial charge < -0.3 is 19.7 Å². The molecule has 4 bridgehead atoms. The largest absolute Gasteiger partial charge is 0.493 e. The maximum absolute atomic E-state index is 12.6. The van der Waals surface area contributed by atoms with Gasteiger partial charge >= 0.3 is 0 Å². The zero-order valence-corrected chi connectivity index (χ0v) is 17.6. The average Bonchev–Trinajstić information content (AvgIpc) is 2.65. The third kappa shape index (κ3) is 4.14. The van der Waals surface area contributed by atoms with Gasteiger partial charge in [-0.2, -0.15) is 0 Å². The number of ether oxygens (including phenoxy) is 2. The fourth-order valence-corrected chi connectivity index (χ4v) is 6.53. The Morgan fingerprint density at radius 3 is 2.25 bits per heavy atom.